The van der Waals surface area contributed by atoms with Crippen molar-refractivity contribution in [2.75, 3.05) is 18.0 Å². The van der Waals surface area contributed by atoms with Crippen molar-refractivity contribution in [1.29, 1.82) is 0 Å². The quantitative estimate of drug-likeness (QED) is 0.577. The van der Waals surface area contributed by atoms with Gasteiger partial charge in [-0.05, 0) is 0 Å². The fourth-order valence-corrected chi connectivity index (χ4v) is 1.50. The zero-order chi connectivity index (χ0) is 10.6. The first kappa shape index (κ1) is 10.4. The third kappa shape index (κ3) is 2.66. The highest BCUT2D eigenvalue weighted by Crippen LogP contribution is 2.16. The first-order valence-corrected chi connectivity index (χ1v) is 4.57. The van der Waals surface area contributed by atoms with Crippen LogP contribution in [0.15, 0.2) is 11.6 Å². The Balaban J connectivity index is 2.66. The van der Waals surface area contributed by atoms with Crippen LogP contribution in [-0.2, 0) is 0 Å². The Morgan fingerprint density at radius 3 is 2.93 bits per heavy atom. The van der Waals surface area contributed by atoms with Crippen molar-refractivity contribution in [3.05, 3.63) is 21.7 Å². The summed E-state index contributed by atoms with van der Waals surface area (Å²) in [7, 11) is 0. The molecule has 0 radical (unpaired) electrons. The van der Waals surface area contributed by atoms with Gasteiger partial charge in [-0.1, -0.05) is 0 Å². The second-order valence-electron chi connectivity index (χ2n) is 2.36. The minimum absolute atomic E-state index is 0.0597. The van der Waals surface area contributed by atoms with Gasteiger partial charge in [-0.15, -0.1) is 11.3 Å². The maximum absolute atomic E-state index is 10.9. The normalized spacial score (nSPS) is 9.71. The molecule has 2 amide bonds. The van der Waals surface area contributed by atoms with E-state index in [4.69, 9.17) is 5.73 Å². The maximum atomic E-state index is 10.9. The average Bonchev–Trinajstić information content (AvgIpc) is 2.56. The van der Waals surface area contributed by atoms with E-state index in [1.807, 2.05) is 0 Å². The molecular formula is C6H8N4O3S. The fraction of sp³-hybridized carbons (Fsp3) is 0.333. The van der Waals surface area contributed by atoms with Crippen molar-refractivity contribution in [2.45, 2.75) is 0 Å². The molecule has 0 aliphatic carbocycles. The second-order valence-corrected chi connectivity index (χ2v) is 3.23. The van der Waals surface area contributed by atoms with Gasteiger partial charge in [0.05, 0.1) is 6.54 Å². The van der Waals surface area contributed by atoms with Crippen LogP contribution in [0, 0.1) is 10.1 Å². The van der Waals surface area contributed by atoms with Crippen molar-refractivity contribution in [1.82, 2.24) is 4.98 Å². The van der Waals surface area contributed by atoms with Gasteiger partial charge in [0.2, 0.25) is 6.54 Å². The number of amides is 2. The molecule has 1 rings (SSSR count). The number of anilines is 1. The molecule has 0 unspecified atom stereocenters. The number of primary amides is 1. The Morgan fingerprint density at radius 2 is 2.50 bits per heavy atom. The maximum Gasteiger partial charge on any atom is 0.321 e. The number of aromatic nitrogens is 1. The predicted molar refractivity (Wildman–Crippen MR) is 50.9 cm³/mol. The van der Waals surface area contributed by atoms with Gasteiger partial charge in [0.15, 0.2) is 5.13 Å². The topological polar surface area (TPSA) is 102 Å². The van der Waals surface area contributed by atoms with Crippen LogP contribution in [0.2, 0.25) is 0 Å². The Bertz CT molecular complexity index is 326. The van der Waals surface area contributed by atoms with Gasteiger partial charge in [-0.25, -0.2) is 9.78 Å². The van der Waals surface area contributed by atoms with Gasteiger partial charge in [0.1, 0.15) is 0 Å². The Hall–Kier alpha value is -1.70. The van der Waals surface area contributed by atoms with Crippen LogP contribution >= 0.6 is 11.3 Å². The third-order valence-electron chi connectivity index (χ3n) is 1.42. The lowest BCUT2D eigenvalue weighted by Gasteiger charge is -2.13. The molecule has 8 heteroatoms. The average molecular weight is 216 g/mol. The summed E-state index contributed by atoms with van der Waals surface area (Å²) >= 11 is 1.20. The Morgan fingerprint density at radius 1 is 1.79 bits per heavy atom. The molecule has 0 bridgehead atoms. The van der Waals surface area contributed by atoms with Crippen molar-refractivity contribution < 1.29 is 9.72 Å². The first-order chi connectivity index (χ1) is 6.61. The molecule has 0 spiro atoms. The number of nitrogens with zero attached hydrogens (tertiary/aromatic N) is 3. The van der Waals surface area contributed by atoms with E-state index in [0.29, 0.717) is 5.13 Å². The van der Waals surface area contributed by atoms with Gasteiger partial charge >= 0.3 is 6.03 Å². The van der Waals surface area contributed by atoms with Crippen molar-refractivity contribution in [3.63, 3.8) is 0 Å². The van der Waals surface area contributed by atoms with E-state index in [9.17, 15) is 14.9 Å². The number of thiazole rings is 1. The monoisotopic (exact) mass is 216 g/mol. The molecule has 0 atom stereocenters. The molecule has 2 N–H and O–H groups in total. The fourth-order valence-electron chi connectivity index (χ4n) is 0.831. The molecular weight excluding hydrogens is 208 g/mol. The molecule has 0 saturated heterocycles. The largest absolute Gasteiger partial charge is 0.351 e. The van der Waals surface area contributed by atoms with Gasteiger partial charge in [0, 0.05) is 16.5 Å². The Labute approximate surface area is 83.3 Å². The number of hydrogen-bond donors (Lipinski definition) is 1. The van der Waals surface area contributed by atoms with Crippen LogP contribution in [0.1, 0.15) is 0 Å². The lowest BCUT2D eigenvalue weighted by molar-refractivity contribution is -0.476. The molecule has 0 saturated carbocycles. The van der Waals surface area contributed by atoms with Crippen LogP contribution in [0.4, 0.5) is 9.93 Å². The molecule has 0 aliphatic heterocycles. The van der Waals surface area contributed by atoms with Crippen LogP contribution in [0.25, 0.3) is 0 Å². The summed E-state index contributed by atoms with van der Waals surface area (Å²) in [5, 5.41) is 12.1. The number of hydrogen-bond acceptors (Lipinski definition) is 5. The summed E-state index contributed by atoms with van der Waals surface area (Å²) in [5.74, 6) is 0. The van der Waals surface area contributed by atoms with E-state index in [1.165, 1.54) is 17.5 Å². The van der Waals surface area contributed by atoms with Crippen LogP contribution in [-0.4, -0.2) is 29.0 Å². The highest BCUT2D eigenvalue weighted by molar-refractivity contribution is 7.13. The summed E-state index contributed by atoms with van der Waals surface area (Å²) in [6, 6.07) is -0.734. The van der Waals surface area contributed by atoms with Gasteiger partial charge in [0.25, 0.3) is 0 Å². The highest BCUT2D eigenvalue weighted by Gasteiger charge is 2.16. The first-order valence-electron chi connectivity index (χ1n) is 3.69. The Kier molecular flexibility index (Phi) is 3.35. The predicted octanol–water partition coefficient (Wildman–Crippen LogP) is 0.305. The molecule has 1 aromatic rings. The van der Waals surface area contributed by atoms with E-state index in [0.717, 1.165) is 4.90 Å². The number of nitro groups is 1. The molecule has 1 heterocycles. The van der Waals surface area contributed by atoms with E-state index >= 15 is 0 Å². The number of urea groups is 1. The van der Waals surface area contributed by atoms with E-state index in [-0.39, 0.29) is 13.1 Å². The molecule has 0 fully saturated rings. The van der Waals surface area contributed by atoms with Gasteiger partial charge < -0.3 is 5.73 Å². The smallest absolute Gasteiger partial charge is 0.321 e. The zero-order valence-electron chi connectivity index (χ0n) is 7.12. The van der Waals surface area contributed by atoms with Gasteiger partial charge in [-0.3, -0.25) is 15.0 Å². The molecule has 14 heavy (non-hydrogen) atoms. The molecule has 7 nitrogen and oxygen atoms in total. The third-order valence-corrected chi connectivity index (χ3v) is 2.22. The lowest BCUT2D eigenvalue weighted by atomic mass is 10.6. The summed E-state index contributed by atoms with van der Waals surface area (Å²) in [6.07, 6.45) is 1.50. The summed E-state index contributed by atoms with van der Waals surface area (Å²) in [4.78, 5) is 25.4. The molecule has 76 valence electrons. The highest BCUT2D eigenvalue weighted by atomic mass is 32.1. The number of nitrogens with two attached hydrogens (primary N) is 1. The van der Waals surface area contributed by atoms with E-state index in [2.05, 4.69) is 4.98 Å². The minimum atomic E-state index is -0.734. The standard InChI is InChI=1S/C6H8N4O3S/c7-5(11)9(2-3-10(12)13)6-8-1-4-14-6/h1,4H,2-3H2,(H2,7,11). The SMILES string of the molecule is NC(=O)N(CC[N+](=O)[O-])c1nccs1. The summed E-state index contributed by atoms with van der Waals surface area (Å²) in [6.45, 7) is -0.404. The zero-order valence-corrected chi connectivity index (χ0v) is 7.94. The van der Waals surface area contributed by atoms with Crippen molar-refractivity contribution in [3.8, 4) is 0 Å². The lowest BCUT2D eigenvalue weighted by Crippen LogP contribution is -2.38. The van der Waals surface area contributed by atoms with Crippen LogP contribution in [0.3, 0.4) is 0 Å². The van der Waals surface area contributed by atoms with Gasteiger partial charge in [-0.2, -0.15) is 0 Å². The summed E-state index contributed by atoms with van der Waals surface area (Å²) < 4.78 is 0. The van der Waals surface area contributed by atoms with Crippen LogP contribution < -0.4 is 10.6 Å². The number of rotatable bonds is 4. The van der Waals surface area contributed by atoms with E-state index < -0.39 is 11.0 Å². The number of carbonyl (C=O) groups excluding carboxylic acids is 1. The minimum Gasteiger partial charge on any atom is -0.351 e. The molecule has 0 aromatic carbocycles. The summed E-state index contributed by atoms with van der Waals surface area (Å²) in [5.41, 5.74) is 5.05. The van der Waals surface area contributed by atoms with Crippen molar-refractivity contribution >= 4 is 22.5 Å². The van der Waals surface area contributed by atoms with Crippen LogP contribution in [0.5, 0.6) is 0 Å². The van der Waals surface area contributed by atoms with E-state index in [1.54, 1.807) is 5.38 Å². The molecule has 1 aromatic heterocycles. The molecule has 0 aliphatic rings. The number of carbonyl (C=O) groups is 1. The second kappa shape index (κ2) is 4.51. The van der Waals surface area contributed by atoms with Crippen molar-refractivity contribution in [2.24, 2.45) is 5.73 Å².